The molecule has 0 aliphatic heterocycles. The van der Waals surface area contributed by atoms with Crippen molar-refractivity contribution in [2.75, 3.05) is 25.6 Å². The van der Waals surface area contributed by atoms with Gasteiger partial charge in [-0.3, -0.25) is 9.13 Å². The number of aryl methyl sites for hydroxylation is 2. The largest absolute Gasteiger partial charge is 0.491 e. The number of hydrogen-bond donors (Lipinski definition) is 1. The SMILES string of the molecule is COCCOc1ccccc1CNc1ccc2c(c1)n(C)c(=O)n2C. The maximum Gasteiger partial charge on any atom is 0.328 e. The summed E-state index contributed by atoms with van der Waals surface area (Å²) in [5, 5.41) is 3.40. The van der Waals surface area contributed by atoms with Crippen LogP contribution >= 0.6 is 0 Å². The molecule has 6 heteroatoms. The molecule has 0 saturated heterocycles. The van der Waals surface area contributed by atoms with Crippen LogP contribution in [0.5, 0.6) is 5.75 Å². The second kappa shape index (κ2) is 7.44. The zero-order valence-corrected chi connectivity index (χ0v) is 14.8. The van der Waals surface area contributed by atoms with E-state index < -0.39 is 0 Å². The van der Waals surface area contributed by atoms with E-state index in [-0.39, 0.29) is 5.69 Å². The number of anilines is 1. The summed E-state index contributed by atoms with van der Waals surface area (Å²) in [4.78, 5) is 12.0. The molecule has 0 atom stereocenters. The highest BCUT2D eigenvalue weighted by atomic mass is 16.5. The number of nitrogens with one attached hydrogen (secondary N) is 1. The van der Waals surface area contributed by atoms with Gasteiger partial charge in [-0.25, -0.2) is 4.79 Å². The summed E-state index contributed by atoms with van der Waals surface area (Å²) in [5.41, 5.74) is 3.83. The third kappa shape index (κ3) is 3.53. The Morgan fingerprint density at radius 2 is 1.76 bits per heavy atom. The first kappa shape index (κ1) is 17.1. The fraction of sp³-hybridized carbons (Fsp3) is 0.316. The highest BCUT2D eigenvalue weighted by molar-refractivity contribution is 5.80. The molecule has 0 saturated carbocycles. The van der Waals surface area contributed by atoms with Gasteiger partial charge in [0.25, 0.3) is 0 Å². The molecule has 0 fully saturated rings. The van der Waals surface area contributed by atoms with Gasteiger partial charge in [-0.05, 0) is 24.3 Å². The van der Waals surface area contributed by atoms with E-state index in [0.717, 1.165) is 28.0 Å². The molecular weight excluding hydrogens is 318 g/mol. The number of para-hydroxylation sites is 1. The number of nitrogens with zero attached hydrogens (tertiary/aromatic N) is 2. The Balaban J connectivity index is 1.77. The maximum absolute atomic E-state index is 12.0. The van der Waals surface area contributed by atoms with Crippen LogP contribution in [0.4, 0.5) is 5.69 Å². The normalized spacial score (nSPS) is 11.0. The molecule has 0 amide bonds. The maximum atomic E-state index is 12.0. The van der Waals surface area contributed by atoms with Crippen molar-refractivity contribution in [2.24, 2.45) is 14.1 Å². The number of benzene rings is 2. The standard InChI is InChI=1S/C19H23N3O3/c1-21-16-9-8-15(12-17(16)22(2)19(21)23)20-13-14-6-4-5-7-18(14)25-11-10-24-3/h4-9,12,20H,10-11,13H2,1-3H3. The van der Waals surface area contributed by atoms with E-state index in [1.165, 1.54) is 0 Å². The van der Waals surface area contributed by atoms with Crippen LogP contribution in [-0.2, 0) is 25.4 Å². The summed E-state index contributed by atoms with van der Waals surface area (Å²) in [6.45, 7) is 1.71. The summed E-state index contributed by atoms with van der Waals surface area (Å²) >= 11 is 0. The lowest BCUT2D eigenvalue weighted by atomic mass is 10.2. The summed E-state index contributed by atoms with van der Waals surface area (Å²) in [6, 6.07) is 13.9. The highest BCUT2D eigenvalue weighted by Gasteiger charge is 2.08. The van der Waals surface area contributed by atoms with Crippen LogP contribution in [0.2, 0.25) is 0 Å². The molecule has 1 aromatic heterocycles. The lowest BCUT2D eigenvalue weighted by Crippen LogP contribution is -2.19. The minimum absolute atomic E-state index is 0.0240. The van der Waals surface area contributed by atoms with Gasteiger partial charge in [0.1, 0.15) is 12.4 Å². The first-order valence-corrected chi connectivity index (χ1v) is 8.21. The van der Waals surface area contributed by atoms with Crippen LogP contribution < -0.4 is 15.7 Å². The van der Waals surface area contributed by atoms with Crippen molar-refractivity contribution in [3.05, 3.63) is 58.5 Å². The Hall–Kier alpha value is -2.73. The molecule has 2 aromatic carbocycles. The summed E-state index contributed by atoms with van der Waals surface area (Å²) in [7, 11) is 5.22. The quantitative estimate of drug-likeness (QED) is 0.671. The van der Waals surface area contributed by atoms with Gasteiger partial charge >= 0.3 is 5.69 Å². The third-order valence-corrected chi connectivity index (χ3v) is 4.27. The average molecular weight is 341 g/mol. The number of rotatable bonds is 7. The number of fused-ring (bicyclic) bond motifs is 1. The van der Waals surface area contributed by atoms with Crippen LogP contribution in [0.3, 0.4) is 0 Å². The first-order chi connectivity index (χ1) is 12.1. The smallest absolute Gasteiger partial charge is 0.328 e. The molecule has 0 radical (unpaired) electrons. The van der Waals surface area contributed by atoms with Crippen LogP contribution in [0, 0.1) is 0 Å². The summed E-state index contributed by atoms with van der Waals surface area (Å²) in [5.74, 6) is 0.847. The second-order valence-corrected chi connectivity index (χ2v) is 5.91. The predicted octanol–water partition coefficient (Wildman–Crippen LogP) is 2.51. The van der Waals surface area contributed by atoms with E-state index in [1.54, 1.807) is 30.3 Å². The number of imidazole rings is 1. The number of hydrogen-bond acceptors (Lipinski definition) is 4. The fourth-order valence-electron chi connectivity index (χ4n) is 2.84. The van der Waals surface area contributed by atoms with Gasteiger partial charge in [-0.2, -0.15) is 0 Å². The van der Waals surface area contributed by atoms with Crippen LogP contribution in [0.1, 0.15) is 5.56 Å². The molecule has 0 spiro atoms. The van der Waals surface area contributed by atoms with E-state index in [9.17, 15) is 4.79 Å². The van der Waals surface area contributed by atoms with Gasteiger partial charge in [-0.15, -0.1) is 0 Å². The number of ether oxygens (including phenoxy) is 2. The Labute approximate surface area is 146 Å². The summed E-state index contributed by atoms with van der Waals surface area (Å²) < 4.78 is 14.1. The molecule has 6 nitrogen and oxygen atoms in total. The predicted molar refractivity (Wildman–Crippen MR) is 99.3 cm³/mol. The molecule has 1 heterocycles. The van der Waals surface area contributed by atoms with E-state index in [2.05, 4.69) is 5.32 Å². The molecule has 3 aromatic rings. The van der Waals surface area contributed by atoms with E-state index in [0.29, 0.717) is 19.8 Å². The average Bonchev–Trinajstić information content (AvgIpc) is 2.85. The van der Waals surface area contributed by atoms with Crippen molar-refractivity contribution in [2.45, 2.75) is 6.54 Å². The second-order valence-electron chi connectivity index (χ2n) is 5.91. The van der Waals surface area contributed by atoms with Crippen LogP contribution in [0.25, 0.3) is 11.0 Å². The molecule has 3 rings (SSSR count). The topological polar surface area (TPSA) is 57.4 Å². The van der Waals surface area contributed by atoms with Crippen molar-refractivity contribution in [3.8, 4) is 5.75 Å². The Kier molecular flexibility index (Phi) is 5.09. The number of methoxy groups -OCH3 is 1. The minimum atomic E-state index is -0.0240. The first-order valence-electron chi connectivity index (χ1n) is 8.21. The Bertz CT molecular complexity index is 927. The van der Waals surface area contributed by atoms with Crippen LogP contribution in [-0.4, -0.2) is 29.5 Å². The van der Waals surface area contributed by atoms with Gasteiger partial charge in [0.05, 0.1) is 17.6 Å². The van der Waals surface area contributed by atoms with Gasteiger partial charge in [0, 0.05) is 39.0 Å². The van der Waals surface area contributed by atoms with Gasteiger partial charge < -0.3 is 14.8 Å². The molecular formula is C19H23N3O3. The van der Waals surface area contributed by atoms with E-state index in [4.69, 9.17) is 9.47 Å². The van der Waals surface area contributed by atoms with E-state index in [1.807, 2.05) is 42.5 Å². The Morgan fingerprint density at radius 1 is 1.00 bits per heavy atom. The Morgan fingerprint density at radius 3 is 2.56 bits per heavy atom. The van der Waals surface area contributed by atoms with E-state index >= 15 is 0 Å². The summed E-state index contributed by atoms with van der Waals surface area (Å²) in [6.07, 6.45) is 0. The molecule has 0 bridgehead atoms. The van der Waals surface area contributed by atoms with Gasteiger partial charge in [0.15, 0.2) is 0 Å². The molecule has 25 heavy (non-hydrogen) atoms. The molecule has 0 unspecified atom stereocenters. The number of aromatic nitrogens is 2. The van der Waals surface area contributed by atoms with Crippen molar-refractivity contribution in [1.82, 2.24) is 9.13 Å². The molecule has 1 N–H and O–H groups in total. The lowest BCUT2D eigenvalue weighted by Gasteiger charge is -2.13. The van der Waals surface area contributed by atoms with Crippen molar-refractivity contribution >= 4 is 16.7 Å². The lowest BCUT2D eigenvalue weighted by molar-refractivity contribution is 0.146. The van der Waals surface area contributed by atoms with Crippen molar-refractivity contribution in [3.63, 3.8) is 0 Å². The highest BCUT2D eigenvalue weighted by Crippen LogP contribution is 2.22. The molecule has 132 valence electrons. The zero-order chi connectivity index (χ0) is 17.8. The molecule has 0 aliphatic carbocycles. The van der Waals surface area contributed by atoms with Crippen molar-refractivity contribution < 1.29 is 9.47 Å². The van der Waals surface area contributed by atoms with Gasteiger partial charge in [-0.1, -0.05) is 18.2 Å². The minimum Gasteiger partial charge on any atom is -0.491 e. The zero-order valence-electron chi connectivity index (χ0n) is 14.8. The molecule has 0 aliphatic rings. The monoisotopic (exact) mass is 341 g/mol. The fourth-order valence-corrected chi connectivity index (χ4v) is 2.84. The van der Waals surface area contributed by atoms with Crippen LogP contribution in [0.15, 0.2) is 47.3 Å². The third-order valence-electron chi connectivity index (χ3n) is 4.27. The van der Waals surface area contributed by atoms with Crippen molar-refractivity contribution in [1.29, 1.82) is 0 Å². The van der Waals surface area contributed by atoms with Gasteiger partial charge in [0.2, 0.25) is 0 Å².